The molecule has 3 heterocycles. The van der Waals surface area contributed by atoms with Crippen LogP contribution in [0.15, 0.2) is 35.1 Å². The van der Waals surface area contributed by atoms with Crippen molar-refractivity contribution in [2.75, 3.05) is 74.9 Å². The molecule has 1 saturated heterocycles. The molecule has 1 fully saturated rings. The Labute approximate surface area is 227 Å². The Morgan fingerprint density at radius 1 is 1.10 bits per heavy atom. The molecule has 0 unspecified atom stereocenters. The van der Waals surface area contributed by atoms with Crippen molar-refractivity contribution in [2.24, 2.45) is 0 Å². The number of aromatic nitrogens is 2. The number of likely N-dealkylation sites (N-methyl/N-ethyl adjacent to an activating group) is 1. The van der Waals surface area contributed by atoms with E-state index in [2.05, 4.69) is 56.2 Å². The molecule has 0 bridgehead atoms. The van der Waals surface area contributed by atoms with Gasteiger partial charge in [-0.05, 0) is 63.4 Å². The van der Waals surface area contributed by atoms with Gasteiger partial charge in [-0.2, -0.15) is 0 Å². The standard InChI is InChI=1S/C29H36FN7O2/c1-4-36(5-2)10-6-9-31-26-18-25-22(16-23(26)30)29(39)34-27(32-25)17-21-20-8-7-19(15-24(20)33-28(21)38)37-13-11-35(3)12-14-37/h7-8,15-18,31H,4-6,9-14H2,1-3H3,(H,33,38)(H,32,34,39)/b21-17-. The Hall–Kier alpha value is -3.76. The second-order valence-electron chi connectivity index (χ2n) is 10.1. The van der Waals surface area contributed by atoms with Crippen LogP contribution in [-0.4, -0.2) is 85.1 Å². The minimum Gasteiger partial charge on any atom is -0.383 e. The zero-order valence-electron chi connectivity index (χ0n) is 22.8. The minimum atomic E-state index is -0.496. The molecule has 3 aromatic rings. The molecule has 10 heteroatoms. The highest BCUT2D eigenvalue weighted by Crippen LogP contribution is 2.36. The number of piperazine rings is 1. The third kappa shape index (κ3) is 5.81. The number of carbonyl (C=O) groups is 1. The number of nitrogens with zero attached hydrogens (tertiary/aromatic N) is 4. The number of H-pyrrole nitrogens is 1. The Morgan fingerprint density at radius 2 is 1.87 bits per heavy atom. The van der Waals surface area contributed by atoms with Crippen molar-refractivity contribution >= 4 is 45.5 Å². The monoisotopic (exact) mass is 533 g/mol. The lowest BCUT2D eigenvalue weighted by Gasteiger charge is -2.34. The van der Waals surface area contributed by atoms with Gasteiger partial charge >= 0.3 is 0 Å². The molecular formula is C29H36FN7O2. The molecule has 0 spiro atoms. The summed E-state index contributed by atoms with van der Waals surface area (Å²) in [6, 6.07) is 8.72. The zero-order chi connectivity index (χ0) is 27.5. The van der Waals surface area contributed by atoms with Crippen LogP contribution in [0.3, 0.4) is 0 Å². The Kier molecular flexibility index (Phi) is 7.94. The maximum Gasteiger partial charge on any atom is 0.259 e. The lowest BCUT2D eigenvalue weighted by Crippen LogP contribution is -2.44. The number of carbonyl (C=O) groups excluding carboxylic acids is 1. The van der Waals surface area contributed by atoms with E-state index in [9.17, 15) is 14.0 Å². The van der Waals surface area contributed by atoms with Crippen molar-refractivity contribution in [1.82, 2.24) is 19.8 Å². The van der Waals surface area contributed by atoms with E-state index in [1.807, 2.05) is 18.2 Å². The van der Waals surface area contributed by atoms with Crippen LogP contribution in [0.1, 0.15) is 31.7 Å². The van der Waals surface area contributed by atoms with Crippen molar-refractivity contribution in [3.05, 3.63) is 57.9 Å². The van der Waals surface area contributed by atoms with Gasteiger partial charge in [-0.1, -0.05) is 19.9 Å². The first-order valence-corrected chi connectivity index (χ1v) is 13.7. The van der Waals surface area contributed by atoms with Crippen molar-refractivity contribution in [3.63, 3.8) is 0 Å². The van der Waals surface area contributed by atoms with E-state index in [0.29, 0.717) is 23.3 Å². The molecule has 5 rings (SSSR count). The van der Waals surface area contributed by atoms with Gasteiger partial charge in [0.2, 0.25) is 0 Å². The largest absolute Gasteiger partial charge is 0.383 e. The molecule has 2 aromatic carbocycles. The lowest BCUT2D eigenvalue weighted by atomic mass is 10.1. The second kappa shape index (κ2) is 11.5. The molecule has 0 saturated carbocycles. The first-order chi connectivity index (χ1) is 18.9. The van der Waals surface area contributed by atoms with Crippen LogP contribution in [0.5, 0.6) is 0 Å². The molecule has 0 radical (unpaired) electrons. The molecule has 2 aliphatic rings. The topological polar surface area (TPSA) is 96.6 Å². The number of nitrogens with one attached hydrogen (secondary N) is 3. The Morgan fingerprint density at radius 3 is 2.62 bits per heavy atom. The SMILES string of the molecule is CCN(CC)CCCNc1cc2nc(/C=C3\C(=O)Nc4cc(N5CCN(C)CC5)ccc43)[nH]c(=O)c2cc1F. The van der Waals surface area contributed by atoms with Crippen LogP contribution < -0.4 is 21.1 Å². The molecule has 206 valence electrons. The smallest absolute Gasteiger partial charge is 0.259 e. The maximum absolute atomic E-state index is 14.7. The van der Waals surface area contributed by atoms with Crippen LogP contribution in [0.4, 0.5) is 21.5 Å². The van der Waals surface area contributed by atoms with Gasteiger partial charge in [0.05, 0.1) is 27.9 Å². The molecule has 0 aliphatic carbocycles. The number of halogens is 1. The van der Waals surface area contributed by atoms with Gasteiger partial charge in [0, 0.05) is 44.0 Å². The summed E-state index contributed by atoms with van der Waals surface area (Å²) in [4.78, 5) is 39.8. The lowest BCUT2D eigenvalue weighted by molar-refractivity contribution is -0.110. The summed E-state index contributed by atoms with van der Waals surface area (Å²) in [5, 5.41) is 6.24. The third-order valence-corrected chi connectivity index (χ3v) is 7.61. The molecule has 1 aromatic heterocycles. The summed E-state index contributed by atoms with van der Waals surface area (Å²) in [5.41, 5.74) is 3.21. The highest BCUT2D eigenvalue weighted by atomic mass is 19.1. The molecule has 3 N–H and O–H groups in total. The van der Waals surface area contributed by atoms with Crippen molar-refractivity contribution in [2.45, 2.75) is 20.3 Å². The van der Waals surface area contributed by atoms with Crippen LogP contribution in [0.25, 0.3) is 22.6 Å². The van der Waals surface area contributed by atoms with Crippen molar-refractivity contribution in [1.29, 1.82) is 0 Å². The van der Waals surface area contributed by atoms with Crippen LogP contribution >= 0.6 is 0 Å². The quantitative estimate of drug-likeness (QED) is 0.286. The van der Waals surface area contributed by atoms with Gasteiger partial charge in [0.15, 0.2) is 0 Å². The van der Waals surface area contributed by atoms with Crippen LogP contribution in [0, 0.1) is 5.82 Å². The summed E-state index contributed by atoms with van der Waals surface area (Å²) >= 11 is 0. The Balaban J connectivity index is 1.38. The predicted molar refractivity (Wildman–Crippen MR) is 156 cm³/mol. The van der Waals surface area contributed by atoms with E-state index in [1.165, 1.54) is 6.07 Å². The van der Waals surface area contributed by atoms with E-state index >= 15 is 0 Å². The number of amides is 1. The van der Waals surface area contributed by atoms with Gasteiger partial charge < -0.3 is 30.3 Å². The van der Waals surface area contributed by atoms with Crippen molar-refractivity contribution < 1.29 is 9.18 Å². The average molecular weight is 534 g/mol. The fourth-order valence-corrected chi connectivity index (χ4v) is 5.17. The van der Waals surface area contributed by atoms with Gasteiger partial charge in [-0.25, -0.2) is 9.37 Å². The Bertz CT molecular complexity index is 1460. The summed E-state index contributed by atoms with van der Waals surface area (Å²) < 4.78 is 14.7. The number of benzene rings is 2. The van der Waals surface area contributed by atoms with Gasteiger partial charge in [-0.15, -0.1) is 0 Å². The van der Waals surface area contributed by atoms with E-state index in [1.54, 1.807) is 12.1 Å². The van der Waals surface area contributed by atoms with Crippen molar-refractivity contribution in [3.8, 4) is 0 Å². The summed E-state index contributed by atoms with van der Waals surface area (Å²) in [5.74, 6) is -0.505. The normalized spacial score (nSPS) is 16.8. The average Bonchev–Trinajstić information content (AvgIpc) is 3.23. The highest BCUT2D eigenvalue weighted by Gasteiger charge is 2.26. The third-order valence-electron chi connectivity index (χ3n) is 7.61. The van der Waals surface area contributed by atoms with Gasteiger partial charge in [0.25, 0.3) is 11.5 Å². The van der Waals surface area contributed by atoms with E-state index < -0.39 is 11.4 Å². The predicted octanol–water partition coefficient (Wildman–Crippen LogP) is 3.45. The summed E-state index contributed by atoms with van der Waals surface area (Å²) in [6.45, 7) is 11.6. The number of hydrogen-bond acceptors (Lipinski definition) is 7. The molecule has 39 heavy (non-hydrogen) atoms. The fraction of sp³-hybridized carbons (Fsp3) is 0.414. The number of anilines is 3. The fourth-order valence-electron chi connectivity index (χ4n) is 5.17. The van der Waals surface area contributed by atoms with E-state index in [0.717, 1.165) is 69.2 Å². The molecule has 9 nitrogen and oxygen atoms in total. The summed E-state index contributed by atoms with van der Waals surface area (Å²) in [7, 11) is 2.12. The van der Waals surface area contributed by atoms with E-state index in [4.69, 9.17) is 0 Å². The first-order valence-electron chi connectivity index (χ1n) is 13.7. The first kappa shape index (κ1) is 26.8. The van der Waals surface area contributed by atoms with Crippen LogP contribution in [0.2, 0.25) is 0 Å². The summed E-state index contributed by atoms with van der Waals surface area (Å²) in [6.07, 6.45) is 2.45. The number of fused-ring (bicyclic) bond motifs is 2. The van der Waals surface area contributed by atoms with Crippen LogP contribution in [-0.2, 0) is 4.79 Å². The molecule has 0 atom stereocenters. The molecular weight excluding hydrogens is 497 g/mol. The number of aromatic amines is 1. The highest BCUT2D eigenvalue weighted by molar-refractivity contribution is 6.34. The zero-order valence-corrected chi connectivity index (χ0v) is 22.8. The number of rotatable bonds is 9. The van der Waals surface area contributed by atoms with Gasteiger partial charge in [0.1, 0.15) is 11.6 Å². The maximum atomic E-state index is 14.7. The van der Waals surface area contributed by atoms with Gasteiger partial charge in [-0.3, -0.25) is 9.59 Å². The number of hydrogen-bond donors (Lipinski definition) is 3. The minimum absolute atomic E-state index is 0.163. The molecule has 2 aliphatic heterocycles. The second-order valence-corrected chi connectivity index (χ2v) is 10.1. The molecule has 1 amide bonds. The van der Waals surface area contributed by atoms with E-state index in [-0.39, 0.29) is 17.1 Å².